The molecule has 0 aliphatic heterocycles. The lowest BCUT2D eigenvalue weighted by molar-refractivity contribution is 0.236. The second-order valence-corrected chi connectivity index (χ2v) is 4.89. The van der Waals surface area contributed by atoms with Gasteiger partial charge >= 0.3 is 0 Å². The molecule has 1 N–H and O–H groups in total. The van der Waals surface area contributed by atoms with Crippen LogP contribution in [0.15, 0.2) is 12.4 Å². The molecule has 5 heteroatoms. The summed E-state index contributed by atoms with van der Waals surface area (Å²) < 4.78 is 0. The van der Waals surface area contributed by atoms with Crippen LogP contribution in [0.2, 0.25) is 0 Å². The second-order valence-electron chi connectivity index (χ2n) is 4.89. The minimum atomic E-state index is 0.818. The van der Waals surface area contributed by atoms with Gasteiger partial charge in [0.05, 0.1) is 18.1 Å². The Hall–Kier alpha value is -1.20. The maximum atomic E-state index is 4.44. The number of aromatic nitrogens is 2. The van der Waals surface area contributed by atoms with Gasteiger partial charge in [-0.2, -0.15) is 0 Å². The lowest BCUT2D eigenvalue weighted by Gasteiger charge is -2.23. The number of nitrogens with one attached hydrogen (secondary N) is 1. The fourth-order valence-electron chi connectivity index (χ4n) is 2.20. The molecule has 0 saturated carbocycles. The third-order valence-corrected chi connectivity index (χ3v) is 3.64. The normalized spacial score (nSPS) is 11.3. The van der Waals surface area contributed by atoms with Crippen LogP contribution < -0.4 is 5.32 Å². The Kier molecular flexibility index (Phi) is 8.14. The van der Waals surface area contributed by atoms with Gasteiger partial charge in [0, 0.05) is 13.6 Å². The van der Waals surface area contributed by atoms with E-state index < -0.39 is 0 Å². The first-order chi connectivity index (χ1) is 9.73. The summed E-state index contributed by atoms with van der Waals surface area (Å²) in [6.45, 7) is 13.1. The molecule has 0 atom stereocenters. The topological polar surface area (TPSA) is 44.3 Å². The maximum absolute atomic E-state index is 4.44. The van der Waals surface area contributed by atoms with Gasteiger partial charge in [0.15, 0.2) is 0 Å². The highest BCUT2D eigenvalue weighted by Crippen LogP contribution is 2.04. The van der Waals surface area contributed by atoms with Crippen molar-refractivity contribution in [2.45, 2.75) is 33.7 Å². The first-order valence-corrected chi connectivity index (χ1v) is 7.66. The monoisotopic (exact) mass is 279 g/mol. The Morgan fingerprint density at radius 3 is 2.10 bits per heavy atom. The van der Waals surface area contributed by atoms with E-state index in [1.165, 1.54) is 13.0 Å². The molecule has 0 saturated heterocycles. The average molecular weight is 279 g/mol. The van der Waals surface area contributed by atoms with E-state index in [2.05, 4.69) is 45.9 Å². The molecule has 1 aromatic rings. The van der Waals surface area contributed by atoms with Crippen molar-refractivity contribution >= 4 is 5.82 Å². The van der Waals surface area contributed by atoms with Gasteiger partial charge in [0.25, 0.3) is 0 Å². The molecule has 1 aromatic heterocycles. The second kappa shape index (κ2) is 9.66. The van der Waals surface area contributed by atoms with Gasteiger partial charge in [-0.25, -0.2) is 4.98 Å². The molecule has 20 heavy (non-hydrogen) atoms. The lowest BCUT2D eigenvalue weighted by Crippen LogP contribution is -2.30. The van der Waals surface area contributed by atoms with E-state index in [0.29, 0.717) is 0 Å². The van der Waals surface area contributed by atoms with Gasteiger partial charge < -0.3 is 10.2 Å². The summed E-state index contributed by atoms with van der Waals surface area (Å²) in [5.74, 6) is 0.818. The highest BCUT2D eigenvalue weighted by atomic mass is 15.1. The molecule has 0 radical (unpaired) electrons. The van der Waals surface area contributed by atoms with Crippen LogP contribution in [0.5, 0.6) is 0 Å². The standard InChI is InChI=1S/C15H29N5/c1-5-19(6-2)9-8-10-20(7-3)13-14-11-18-15(16-4)12-17-14/h11-12H,5-10,13H2,1-4H3,(H,16,18). The van der Waals surface area contributed by atoms with Crippen molar-refractivity contribution in [2.24, 2.45) is 0 Å². The summed E-state index contributed by atoms with van der Waals surface area (Å²) in [5.41, 5.74) is 1.04. The van der Waals surface area contributed by atoms with E-state index in [1.54, 1.807) is 6.20 Å². The number of hydrogen-bond donors (Lipinski definition) is 1. The largest absolute Gasteiger partial charge is 0.372 e. The van der Waals surface area contributed by atoms with E-state index in [4.69, 9.17) is 0 Å². The Labute approximate surface area is 123 Å². The summed E-state index contributed by atoms with van der Waals surface area (Å²) in [6, 6.07) is 0. The van der Waals surface area contributed by atoms with Gasteiger partial charge in [0.2, 0.25) is 0 Å². The minimum absolute atomic E-state index is 0.818. The Bertz CT molecular complexity index is 348. The SMILES string of the molecule is CCN(CC)CCCN(CC)Cc1cnc(NC)cn1. The predicted molar refractivity (Wildman–Crippen MR) is 84.9 cm³/mol. The van der Waals surface area contributed by atoms with E-state index in [-0.39, 0.29) is 0 Å². The predicted octanol–water partition coefficient (Wildman–Crippen LogP) is 2.07. The zero-order valence-corrected chi connectivity index (χ0v) is 13.4. The van der Waals surface area contributed by atoms with Crippen molar-refractivity contribution in [1.29, 1.82) is 0 Å². The van der Waals surface area contributed by atoms with Crippen molar-refractivity contribution in [2.75, 3.05) is 45.1 Å². The van der Waals surface area contributed by atoms with E-state index in [0.717, 1.165) is 44.2 Å². The van der Waals surface area contributed by atoms with Crippen LogP contribution in [0.1, 0.15) is 32.9 Å². The third kappa shape index (κ3) is 5.84. The molecule has 5 nitrogen and oxygen atoms in total. The minimum Gasteiger partial charge on any atom is -0.372 e. The molecular formula is C15H29N5. The molecule has 0 unspecified atom stereocenters. The van der Waals surface area contributed by atoms with Gasteiger partial charge in [-0.15, -0.1) is 0 Å². The highest BCUT2D eigenvalue weighted by Gasteiger charge is 2.06. The molecule has 1 heterocycles. The van der Waals surface area contributed by atoms with Crippen molar-refractivity contribution in [3.63, 3.8) is 0 Å². The van der Waals surface area contributed by atoms with E-state index in [1.807, 2.05) is 13.2 Å². The average Bonchev–Trinajstić information content (AvgIpc) is 2.51. The van der Waals surface area contributed by atoms with Crippen LogP contribution in [0.25, 0.3) is 0 Å². The molecule has 0 aromatic carbocycles. The van der Waals surface area contributed by atoms with Crippen LogP contribution in [0.4, 0.5) is 5.82 Å². The maximum Gasteiger partial charge on any atom is 0.144 e. The fraction of sp³-hybridized carbons (Fsp3) is 0.733. The molecule has 114 valence electrons. The van der Waals surface area contributed by atoms with Crippen LogP contribution >= 0.6 is 0 Å². The van der Waals surface area contributed by atoms with Gasteiger partial charge in [0.1, 0.15) is 5.82 Å². The summed E-state index contributed by atoms with van der Waals surface area (Å²) in [7, 11) is 1.86. The number of rotatable bonds is 10. The third-order valence-electron chi connectivity index (χ3n) is 3.64. The number of hydrogen-bond acceptors (Lipinski definition) is 5. The van der Waals surface area contributed by atoms with E-state index in [9.17, 15) is 0 Å². The van der Waals surface area contributed by atoms with E-state index >= 15 is 0 Å². The molecule has 0 fully saturated rings. The van der Waals surface area contributed by atoms with Crippen molar-refractivity contribution < 1.29 is 0 Å². The molecule has 0 spiro atoms. The molecular weight excluding hydrogens is 250 g/mol. The summed E-state index contributed by atoms with van der Waals surface area (Å²) >= 11 is 0. The lowest BCUT2D eigenvalue weighted by atomic mass is 10.3. The highest BCUT2D eigenvalue weighted by molar-refractivity contribution is 5.29. The van der Waals surface area contributed by atoms with Gasteiger partial charge in [-0.3, -0.25) is 9.88 Å². The van der Waals surface area contributed by atoms with Crippen molar-refractivity contribution in [3.05, 3.63) is 18.1 Å². The molecule has 0 aliphatic rings. The zero-order chi connectivity index (χ0) is 14.8. The molecule has 0 aliphatic carbocycles. The molecule has 0 bridgehead atoms. The van der Waals surface area contributed by atoms with Crippen LogP contribution in [-0.2, 0) is 6.54 Å². The quantitative estimate of drug-likeness (QED) is 0.710. The first kappa shape index (κ1) is 16.9. The summed E-state index contributed by atoms with van der Waals surface area (Å²) in [5, 5.41) is 2.99. The first-order valence-electron chi connectivity index (χ1n) is 7.66. The van der Waals surface area contributed by atoms with Crippen LogP contribution in [-0.4, -0.2) is 59.5 Å². The molecule has 0 amide bonds. The Balaban J connectivity index is 2.38. The summed E-state index contributed by atoms with van der Waals surface area (Å²) in [6.07, 6.45) is 4.86. The van der Waals surface area contributed by atoms with Gasteiger partial charge in [-0.05, 0) is 39.1 Å². The summed E-state index contributed by atoms with van der Waals surface area (Å²) in [4.78, 5) is 13.6. The Morgan fingerprint density at radius 2 is 1.60 bits per heavy atom. The smallest absolute Gasteiger partial charge is 0.144 e. The fourth-order valence-corrected chi connectivity index (χ4v) is 2.20. The number of anilines is 1. The number of nitrogens with zero attached hydrogens (tertiary/aromatic N) is 4. The molecule has 1 rings (SSSR count). The van der Waals surface area contributed by atoms with Crippen LogP contribution in [0, 0.1) is 0 Å². The Morgan fingerprint density at radius 1 is 0.950 bits per heavy atom. The van der Waals surface area contributed by atoms with Gasteiger partial charge in [-0.1, -0.05) is 20.8 Å². The van der Waals surface area contributed by atoms with Crippen molar-refractivity contribution in [3.8, 4) is 0 Å². The van der Waals surface area contributed by atoms with Crippen LogP contribution in [0.3, 0.4) is 0 Å². The zero-order valence-electron chi connectivity index (χ0n) is 13.4. The van der Waals surface area contributed by atoms with Crippen molar-refractivity contribution in [1.82, 2.24) is 19.8 Å².